The van der Waals surface area contributed by atoms with E-state index in [-0.39, 0.29) is 17.9 Å². The van der Waals surface area contributed by atoms with Crippen LogP contribution in [0.3, 0.4) is 0 Å². The van der Waals surface area contributed by atoms with E-state index in [4.69, 9.17) is 5.73 Å². The Hall–Kier alpha value is -3.16. The number of imidazole rings is 1. The Balaban J connectivity index is 1.52. The van der Waals surface area contributed by atoms with E-state index in [1.165, 1.54) is 11.1 Å². The number of rotatable bonds is 2. The molecule has 5 rings (SSSR count). The maximum atomic E-state index is 12.4. The van der Waals surface area contributed by atoms with Gasteiger partial charge >= 0.3 is 0 Å². The number of nitrogens with two attached hydrogens (primary N) is 1. The molecule has 2 aliphatic heterocycles. The molecule has 0 unspecified atom stereocenters. The summed E-state index contributed by atoms with van der Waals surface area (Å²) >= 11 is 0. The molecule has 0 bridgehead atoms. The highest BCUT2D eigenvalue weighted by molar-refractivity contribution is 5.84. The number of aromatic nitrogens is 4. The van der Waals surface area contributed by atoms with Gasteiger partial charge in [0.1, 0.15) is 5.52 Å². The van der Waals surface area contributed by atoms with Gasteiger partial charge in [-0.3, -0.25) is 4.79 Å². The molecule has 28 heavy (non-hydrogen) atoms. The third kappa shape index (κ3) is 2.51. The average molecular weight is 377 g/mol. The molecule has 8 heteroatoms. The van der Waals surface area contributed by atoms with Gasteiger partial charge in [0, 0.05) is 38.4 Å². The van der Waals surface area contributed by atoms with Gasteiger partial charge in [0.15, 0.2) is 11.5 Å². The highest BCUT2D eigenvalue weighted by Gasteiger charge is 2.49. The van der Waals surface area contributed by atoms with Crippen molar-refractivity contribution < 1.29 is 4.79 Å². The summed E-state index contributed by atoms with van der Waals surface area (Å²) in [6.45, 7) is 6.21. The Morgan fingerprint density at radius 1 is 1.21 bits per heavy atom. The summed E-state index contributed by atoms with van der Waals surface area (Å²) < 4.78 is 0. The van der Waals surface area contributed by atoms with Crippen molar-refractivity contribution in [2.45, 2.75) is 19.9 Å². The maximum absolute atomic E-state index is 12.4. The van der Waals surface area contributed by atoms with Crippen molar-refractivity contribution in [1.29, 1.82) is 0 Å². The number of anilines is 2. The largest absolute Gasteiger partial charge is 0.368 e. The fraction of sp³-hybridized carbons (Fsp3) is 0.400. The van der Waals surface area contributed by atoms with Crippen molar-refractivity contribution in [2.24, 2.45) is 11.8 Å². The summed E-state index contributed by atoms with van der Waals surface area (Å²) in [5, 5.41) is 0. The molecule has 0 radical (unpaired) electrons. The van der Waals surface area contributed by atoms with E-state index in [2.05, 4.69) is 50.0 Å². The molecule has 0 spiro atoms. The Bertz CT molecular complexity index is 1060. The first-order chi connectivity index (χ1) is 13.5. The lowest BCUT2D eigenvalue weighted by atomic mass is 9.87. The molecule has 4 heterocycles. The SMILES string of the molecule is CC(=O)N1C[C@H]2CN(c3nc(N)nc4nc[nH]c34)C[C@H]2[C@H]1c1ccccc1C. The van der Waals surface area contributed by atoms with Gasteiger partial charge in [0.05, 0.1) is 12.4 Å². The van der Waals surface area contributed by atoms with Crippen molar-refractivity contribution in [3.05, 3.63) is 41.7 Å². The summed E-state index contributed by atoms with van der Waals surface area (Å²) in [5.41, 5.74) is 9.76. The van der Waals surface area contributed by atoms with Crippen LogP contribution < -0.4 is 10.6 Å². The average Bonchev–Trinajstić information content (AvgIpc) is 3.35. The summed E-state index contributed by atoms with van der Waals surface area (Å²) in [6.07, 6.45) is 1.62. The molecule has 0 saturated carbocycles. The number of likely N-dealkylation sites (tertiary alicyclic amines) is 1. The van der Waals surface area contributed by atoms with Crippen LogP contribution in [0.4, 0.5) is 11.8 Å². The molecule has 144 valence electrons. The summed E-state index contributed by atoms with van der Waals surface area (Å²) in [5.74, 6) is 1.90. The fourth-order valence-corrected chi connectivity index (χ4v) is 4.92. The second kappa shape index (κ2) is 6.19. The molecule has 2 saturated heterocycles. The number of fused-ring (bicyclic) bond motifs is 2. The number of carbonyl (C=O) groups is 1. The van der Waals surface area contributed by atoms with E-state index in [0.29, 0.717) is 17.5 Å². The summed E-state index contributed by atoms with van der Waals surface area (Å²) in [6, 6.07) is 8.46. The van der Waals surface area contributed by atoms with E-state index in [9.17, 15) is 4.79 Å². The number of carbonyl (C=O) groups excluding carboxylic acids is 1. The first-order valence-electron chi connectivity index (χ1n) is 9.57. The van der Waals surface area contributed by atoms with Gasteiger partial charge in [-0.05, 0) is 18.1 Å². The van der Waals surface area contributed by atoms with Crippen LogP contribution in [-0.4, -0.2) is 50.4 Å². The topological polar surface area (TPSA) is 104 Å². The Labute approximate surface area is 162 Å². The summed E-state index contributed by atoms with van der Waals surface area (Å²) in [7, 11) is 0. The molecule has 3 atom stereocenters. The lowest BCUT2D eigenvalue weighted by Gasteiger charge is -2.30. The Morgan fingerprint density at radius 3 is 2.82 bits per heavy atom. The number of hydrogen-bond acceptors (Lipinski definition) is 6. The smallest absolute Gasteiger partial charge is 0.224 e. The van der Waals surface area contributed by atoms with Crippen LogP contribution in [0.5, 0.6) is 0 Å². The minimum atomic E-state index is 0.0881. The van der Waals surface area contributed by atoms with Crippen LogP contribution in [0, 0.1) is 18.8 Å². The predicted octanol–water partition coefficient (Wildman–Crippen LogP) is 1.90. The monoisotopic (exact) mass is 377 g/mol. The van der Waals surface area contributed by atoms with Crippen LogP contribution >= 0.6 is 0 Å². The summed E-state index contributed by atoms with van der Waals surface area (Å²) in [4.78, 5) is 32.7. The second-order valence-corrected chi connectivity index (χ2v) is 7.81. The minimum Gasteiger partial charge on any atom is -0.368 e. The number of nitrogens with zero attached hydrogens (tertiary/aromatic N) is 5. The zero-order chi connectivity index (χ0) is 19.4. The van der Waals surface area contributed by atoms with Crippen LogP contribution in [0.25, 0.3) is 11.2 Å². The lowest BCUT2D eigenvalue weighted by molar-refractivity contribution is -0.130. The van der Waals surface area contributed by atoms with E-state index < -0.39 is 0 Å². The number of aryl methyl sites for hydroxylation is 1. The molecule has 0 aliphatic carbocycles. The number of nitrogens with one attached hydrogen (secondary N) is 1. The number of benzene rings is 1. The molecule has 1 amide bonds. The van der Waals surface area contributed by atoms with Gasteiger partial charge in [-0.25, -0.2) is 4.98 Å². The van der Waals surface area contributed by atoms with Gasteiger partial charge in [-0.2, -0.15) is 9.97 Å². The van der Waals surface area contributed by atoms with E-state index >= 15 is 0 Å². The molecular formula is C20H23N7O. The second-order valence-electron chi connectivity index (χ2n) is 7.81. The third-order valence-corrected chi connectivity index (χ3v) is 6.16. The first kappa shape index (κ1) is 17.0. The van der Waals surface area contributed by atoms with Crippen LogP contribution in [0.15, 0.2) is 30.6 Å². The van der Waals surface area contributed by atoms with Crippen LogP contribution in [-0.2, 0) is 4.79 Å². The van der Waals surface area contributed by atoms with E-state index in [1.54, 1.807) is 13.3 Å². The number of aromatic amines is 1. The maximum Gasteiger partial charge on any atom is 0.224 e. The Kier molecular flexibility index (Phi) is 3.75. The molecule has 2 aliphatic rings. The highest BCUT2D eigenvalue weighted by Crippen LogP contribution is 2.46. The van der Waals surface area contributed by atoms with E-state index in [0.717, 1.165) is 31.0 Å². The van der Waals surface area contributed by atoms with Crippen molar-refractivity contribution in [1.82, 2.24) is 24.8 Å². The lowest BCUT2D eigenvalue weighted by Crippen LogP contribution is -2.35. The predicted molar refractivity (Wildman–Crippen MR) is 107 cm³/mol. The van der Waals surface area contributed by atoms with Crippen molar-refractivity contribution in [3.63, 3.8) is 0 Å². The van der Waals surface area contributed by atoms with Crippen molar-refractivity contribution >= 4 is 28.8 Å². The standard InChI is InChI=1S/C20H23N7O/c1-11-5-3-4-6-14(11)17-15-9-26(7-13(15)8-27(17)12(2)28)19-16-18(23-10-22-16)24-20(21)25-19/h3-6,10,13,15,17H,7-9H2,1-2H3,(H3,21,22,23,24,25)/t13-,15-,17-/m1/s1. The zero-order valence-electron chi connectivity index (χ0n) is 16.0. The minimum absolute atomic E-state index is 0.0881. The van der Waals surface area contributed by atoms with Crippen molar-refractivity contribution in [2.75, 3.05) is 30.3 Å². The van der Waals surface area contributed by atoms with E-state index in [1.807, 2.05) is 11.0 Å². The fourth-order valence-electron chi connectivity index (χ4n) is 4.92. The zero-order valence-corrected chi connectivity index (χ0v) is 16.0. The first-order valence-corrected chi connectivity index (χ1v) is 9.57. The highest BCUT2D eigenvalue weighted by atomic mass is 16.2. The van der Waals surface area contributed by atoms with Gasteiger partial charge in [0.25, 0.3) is 0 Å². The third-order valence-electron chi connectivity index (χ3n) is 6.16. The van der Waals surface area contributed by atoms with Crippen LogP contribution in [0.1, 0.15) is 24.1 Å². The molecular weight excluding hydrogens is 354 g/mol. The molecule has 2 aromatic heterocycles. The van der Waals surface area contributed by atoms with Gasteiger partial charge in [0.2, 0.25) is 11.9 Å². The molecule has 3 N–H and O–H groups in total. The number of amides is 1. The van der Waals surface area contributed by atoms with Gasteiger partial charge in [-0.1, -0.05) is 24.3 Å². The van der Waals surface area contributed by atoms with Gasteiger partial charge in [-0.15, -0.1) is 0 Å². The van der Waals surface area contributed by atoms with Gasteiger partial charge < -0.3 is 20.5 Å². The number of nitrogen functional groups attached to an aromatic ring is 1. The molecule has 3 aromatic rings. The van der Waals surface area contributed by atoms with Crippen LogP contribution in [0.2, 0.25) is 0 Å². The number of H-pyrrole nitrogens is 1. The molecule has 1 aromatic carbocycles. The van der Waals surface area contributed by atoms with Crippen molar-refractivity contribution in [3.8, 4) is 0 Å². The quantitative estimate of drug-likeness (QED) is 0.707. The molecule has 8 nitrogen and oxygen atoms in total. The number of hydrogen-bond donors (Lipinski definition) is 2. The Morgan fingerprint density at radius 2 is 2.04 bits per heavy atom. The molecule has 2 fully saturated rings. The normalized spacial score (nSPS) is 24.1.